The molecular weight excluding hydrogens is 214 g/mol. The summed E-state index contributed by atoms with van der Waals surface area (Å²) in [6, 6.07) is 0. The fraction of sp³-hybridized carbons (Fsp3) is 0.846. The van der Waals surface area contributed by atoms with Gasteiger partial charge in [-0.2, -0.15) is 4.98 Å². The number of nitrogens with two attached hydrogens (primary N) is 1. The first-order valence-corrected chi connectivity index (χ1v) is 6.78. The van der Waals surface area contributed by atoms with E-state index in [0.29, 0.717) is 12.5 Å². The van der Waals surface area contributed by atoms with Crippen molar-refractivity contribution < 1.29 is 4.52 Å². The highest BCUT2D eigenvalue weighted by atomic mass is 16.5. The summed E-state index contributed by atoms with van der Waals surface area (Å²) in [6.07, 6.45) is 7.19. The Bertz CT molecular complexity index is 389. The number of hydrogen-bond donors (Lipinski definition) is 1. The average molecular weight is 235 g/mol. The molecular formula is C13H21N3O. The molecule has 2 aliphatic carbocycles. The number of rotatable bonds is 3. The molecule has 3 rings (SSSR count). The topological polar surface area (TPSA) is 64.9 Å². The molecule has 0 spiro atoms. The molecule has 2 N–H and O–H groups in total. The highest BCUT2D eigenvalue weighted by Crippen LogP contribution is 2.47. The Balaban J connectivity index is 1.72. The molecule has 0 bridgehead atoms. The molecule has 0 unspecified atom stereocenters. The van der Waals surface area contributed by atoms with Crippen LogP contribution >= 0.6 is 0 Å². The molecule has 17 heavy (non-hydrogen) atoms. The van der Waals surface area contributed by atoms with Gasteiger partial charge in [0.15, 0.2) is 5.82 Å². The van der Waals surface area contributed by atoms with Crippen LogP contribution in [-0.4, -0.2) is 16.7 Å². The lowest BCUT2D eigenvalue weighted by molar-refractivity contribution is 0.317. The van der Waals surface area contributed by atoms with E-state index in [1.165, 1.54) is 25.7 Å². The third-order valence-electron chi connectivity index (χ3n) is 4.52. The van der Waals surface area contributed by atoms with Gasteiger partial charge < -0.3 is 10.3 Å². The third-order valence-corrected chi connectivity index (χ3v) is 4.52. The highest BCUT2D eigenvalue weighted by Gasteiger charge is 2.48. The normalized spacial score (nSPS) is 31.4. The van der Waals surface area contributed by atoms with Crippen LogP contribution in [0.5, 0.6) is 0 Å². The van der Waals surface area contributed by atoms with Crippen LogP contribution in [-0.2, 0) is 5.41 Å². The fourth-order valence-electron chi connectivity index (χ4n) is 2.79. The second-order valence-corrected chi connectivity index (χ2v) is 5.90. The van der Waals surface area contributed by atoms with Gasteiger partial charge in [-0.25, -0.2) is 0 Å². The van der Waals surface area contributed by atoms with E-state index < -0.39 is 0 Å². The van der Waals surface area contributed by atoms with Crippen LogP contribution in [0.3, 0.4) is 0 Å². The number of aromatic nitrogens is 2. The van der Waals surface area contributed by atoms with E-state index in [4.69, 9.17) is 10.3 Å². The maximum atomic E-state index is 5.78. The predicted octanol–water partition coefficient (Wildman–Crippen LogP) is 2.35. The van der Waals surface area contributed by atoms with Crippen LogP contribution in [0.2, 0.25) is 0 Å². The van der Waals surface area contributed by atoms with E-state index in [1.54, 1.807) is 0 Å². The van der Waals surface area contributed by atoms with E-state index in [2.05, 4.69) is 17.1 Å². The average Bonchev–Trinajstić information content (AvgIpc) is 3.00. The lowest BCUT2D eigenvalue weighted by Crippen LogP contribution is -2.20. The second-order valence-electron chi connectivity index (χ2n) is 5.90. The van der Waals surface area contributed by atoms with Gasteiger partial charge >= 0.3 is 0 Å². The largest absolute Gasteiger partial charge is 0.339 e. The van der Waals surface area contributed by atoms with Crippen LogP contribution < -0.4 is 5.73 Å². The summed E-state index contributed by atoms with van der Waals surface area (Å²) < 4.78 is 5.42. The van der Waals surface area contributed by atoms with Crippen LogP contribution in [0.4, 0.5) is 0 Å². The molecule has 0 atom stereocenters. The molecule has 0 aromatic carbocycles. The lowest BCUT2D eigenvalue weighted by Gasteiger charge is -2.23. The zero-order valence-corrected chi connectivity index (χ0v) is 10.5. The standard InChI is InChI=1S/C13H21N3O/c1-9-2-4-10(5-3-9)11-15-12(17-16-11)13(8-14)6-7-13/h9-10H,2-8,14H2,1H3. The van der Waals surface area contributed by atoms with E-state index in [1.807, 2.05) is 0 Å². The summed E-state index contributed by atoms with van der Waals surface area (Å²) in [7, 11) is 0. The van der Waals surface area contributed by atoms with Crippen molar-refractivity contribution in [1.29, 1.82) is 0 Å². The van der Waals surface area contributed by atoms with Crippen molar-refractivity contribution in [3.05, 3.63) is 11.7 Å². The molecule has 0 aliphatic heterocycles. The molecule has 1 aromatic rings. The number of hydrogen-bond acceptors (Lipinski definition) is 4. The Morgan fingerprint density at radius 3 is 2.59 bits per heavy atom. The summed E-state index contributed by atoms with van der Waals surface area (Å²) in [5.41, 5.74) is 5.81. The molecule has 0 radical (unpaired) electrons. The Labute approximate surface area is 102 Å². The van der Waals surface area contributed by atoms with Crippen molar-refractivity contribution >= 4 is 0 Å². The minimum absolute atomic E-state index is 0.0349. The summed E-state index contributed by atoms with van der Waals surface area (Å²) in [4.78, 5) is 4.61. The first-order chi connectivity index (χ1) is 8.23. The van der Waals surface area contributed by atoms with Gasteiger partial charge in [0.25, 0.3) is 0 Å². The maximum absolute atomic E-state index is 5.78. The molecule has 2 fully saturated rings. The molecule has 94 valence electrons. The summed E-state index contributed by atoms with van der Waals surface area (Å²) in [5.74, 6) is 3.08. The van der Waals surface area contributed by atoms with Gasteiger partial charge in [0.05, 0.1) is 5.41 Å². The van der Waals surface area contributed by atoms with E-state index in [9.17, 15) is 0 Å². The van der Waals surface area contributed by atoms with Crippen LogP contribution in [0, 0.1) is 5.92 Å². The molecule has 0 amide bonds. The minimum atomic E-state index is 0.0349. The Morgan fingerprint density at radius 1 is 1.29 bits per heavy atom. The molecule has 4 nitrogen and oxygen atoms in total. The van der Waals surface area contributed by atoms with Gasteiger partial charge in [-0.1, -0.05) is 24.9 Å². The minimum Gasteiger partial charge on any atom is -0.339 e. The molecule has 4 heteroatoms. The fourth-order valence-corrected chi connectivity index (χ4v) is 2.79. The monoisotopic (exact) mass is 235 g/mol. The molecule has 1 aromatic heterocycles. The van der Waals surface area contributed by atoms with Crippen LogP contribution in [0.1, 0.15) is 63.1 Å². The van der Waals surface area contributed by atoms with Gasteiger partial charge in [0, 0.05) is 12.5 Å². The first kappa shape index (κ1) is 11.2. The zero-order chi connectivity index (χ0) is 11.9. The second kappa shape index (κ2) is 4.09. The number of nitrogens with zero attached hydrogens (tertiary/aromatic N) is 2. The summed E-state index contributed by atoms with van der Waals surface area (Å²) >= 11 is 0. The molecule has 1 heterocycles. The van der Waals surface area contributed by atoms with E-state index in [0.717, 1.165) is 30.5 Å². The van der Waals surface area contributed by atoms with Crippen molar-refractivity contribution in [2.75, 3.05) is 6.54 Å². The van der Waals surface area contributed by atoms with E-state index in [-0.39, 0.29) is 5.41 Å². The van der Waals surface area contributed by atoms with Gasteiger partial charge in [-0.3, -0.25) is 0 Å². The van der Waals surface area contributed by atoms with Crippen molar-refractivity contribution in [3.8, 4) is 0 Å². The van der Waals surface area contributed by atoms with E-state index >= 15 is 0 Å². The Kier molecular flexibility index (Phi) is 2.69. The maximum Gasteiger partial charge on any atom is 0.234 e. The quantitative estimate of drug-likeness (QED) is 0.873. The zero-order valence-electron chi connectivity index (χ0n) is 10.5. The van der Waals surface area contributed by atoms with Crippen molar-refractivity contribution in [2.24, 2.45) is 11.7 Å². The molecule has 2 saturated carbocycles. The van der Waals surface area contributed by atoms with Crippen LogP contribution in [0.15, 0.2) is 4.52 Å². The van der Waals surface area contributed by atoms with Crippen molar-refractivity contribution in [2.45, 2.75) is 56.8 Å². The van der Waals surface area contributed by atoms with Crippen molar-refractivity contribution in [1.82, 2.24) is 10.1 Å². The molecule has 2 aliphatic rings. The summed E-state index contributed by atoms with van der Waals surface area (Å²) in [5, 5.41) is 4.18. The third kappa shape index (κ3) is 1.99. The Hall–Kier alpha value is -0.900. The SMILES string of the molecule is CC1CCC(c2noc(C3(CN)CC3)n2)CC1. The lowest BCUT2D eigenvalue weighted by atomic mass is 9.83. The smallest absolute Gasteiger partial charge is 0.234 e. The van der Waals surface area contributed by atoms with Gasteiger partial charge in [-0.05, 0) is 31.6 Å². The van der Waals surface area contributed by atoms with Gasteiger partial charge in [0.2, 0.25) is 5.89 Å². The van der Waals surface area contributed by atoms with Gasteiger partial charge in [0.1, 0.15) is 0 Å². The van der Waals surface area contributed by atoms with Crippen molar-refractivity contribution in [3.63, 3.8) is 0 Å². The first-order valence-electron chi connectivity index (χ1n) is 6.78. The van der Waals surface area contributed by atoms with Gasteiger partial charge in [-0.15, -0.1) is 0 Å². The molecule has 0 saturated heterocycles. The predicted molar refractivity (Wildman–Crippen MR) is 64.6 cm³/mol. The summed E-state index contributed by atoms with van der Waals surface area (Å²) in [6.45, 7) is 2.96. The van der Waals surface area contributed by atoms with Crippen LogP contribution in [0.25, 0.3) is 0 Å². The Morgan fingerprint density at radius 2 is 2.00 bits per heavy atom. The highest BCUT2D eigenvalue weighted by molar-refractivity contribution is 5.17.